The largest absolute Gasteiger partial charge is 0.455 e. The van der Waals surface area contributed by atoms with Crippen molar-refractivity contribution in [1.82, 2.24) is 5.32 Å². The molecule has 0 fully saturated rings. The van der Waals surface area contributed by atoms with Crippen molar-refractivity contribution in [3.05, 3.63) is 103 Å². The van der Waals surface area contributed by atoms with E-state index < -0.39 is 0 Å². The predicted molar refractivity (Wildman–Crippen MR) is 113 cm³/mol. The topological polar surface area (TPSA) is 50.4 Å². The van der Waals surface area contributed by atoms with E-state index in [9.17, 15) is 4.79 Å². The molecule has 0 aliphatic carbocycles. The Morgan fingerprint density at radius 3 is 2.36 bits per heavy atom. The molecule has 0 heterocycles. The van der Waals surface area contributed by atoms with Crippen molar-refractivity contribution in [2.45, 2.75) is 6.54 Å². The van der Waals surface area contributed by atoms with Gasteiger partial charge in [-0.05, 0) is 40.6 Å². The van der Waals surface area contributed by atoms with Crippen molar-refractivity contribution < 1.29 is 9.53 Å². The van der Waals surface area contributed by atoms with E-state index in [1.54, 1.807) is 0 Å². The van der Waals surface area contributed by atoms with E-state index in [4.69, 9.17) is 4.74 Å². The Balaban J connectivity index is 1.44. The smallest absolute Gasteiger partial charge is 0.319 e. The maximum atomic E-state index is 12.4. The van der Waals surface area contributed by atoms with E-state index in [0.29, 0.717) is 23.7 Å². The van der Waals surface area contributed by atoms with Gasteiger partial charge in [-0.2, -0.15) is 0 Å². The van der Waals surface area contributed by atoms with Gasteiger partial charge >= 0.3 is 6.03 Å². The average Bonchev–Trinajstić information content (AvgIpc) is 2.74. The molecule has 4 heteroatoms. The second-order valence-electron chi connectivity index (χ2n) is 6.36. The van der Waals surface area contributed by atoms with Crippen LogP contribution in [0.4, 0.5) is 10.5 Å². The van der Waals surface area contributed by atoms with Crippen molar-refractivity contribution in [1.29, 1.82) is 0 Å². The summed E-state index contributed by atoms with van der Waals surface area (Å²) in [7, 11) is 0. The molecule has 0 saturated carbocycles. The minimum Gasteiger partial charge on any atom is -0.455 e. The maximum Gasteiger partial charge on any atom is 0.319 e. The van der Waals surface area contributed by atoms with Crippen LogP contribution in [0.5, 0.6) is 11.5 Å². The highest BCUT2D eigenvalue weighted by Gasteiger charge is 2.09. The van der Waals surface area contributed by atoms with Gasteiger partial charge in [0.25, 0.3) is 0 Å². The first-order valence-corrected chi connectivity index (χ1v) is 9.13. The SMILES string of the molecule is O=C(NCc1cccc2ccccc12)Nc1ccccc1Oc1ccccc1. The highest BCUT2D eigenvalue weighted by atomic mass is 16.5. The second kappa shape index (κ2) is 8.27. The molecule has 2 amide bonds. The summed E-state index contributed by atoms with van der Waals surface area (Å²) in [5, 5.41) is 8.09. The molecule has 0 saturated heterocycles. The first kappa shape index (κ1) is 17.6. The van der Waals surface area contributed by atoms with Gasteiger partial charge in [0.05, 0.1) is 5.69 Å². The standard InChI is InChI=1S/C24H20N2O2/c27-24(25-17-19-11-8-10-18-9-4-5-14-21(18)19)26-22-15-6-7-16-23(22)28-20-12-2-1-3-13-20/h1-16H,17H2,(H2,25,26,27). The van der Waals surface area contributed by atoms with E-state index in [1.807, 2.05) is 78.9 Å². The summed E-state index contributed by atoms with van der Waals surface area (Å²) in [6.45, 7) is 0.439. The summed E-state index contributed by atoms with van der Waals surface area (Å²) in [6, 6.07) is 30.8. The first-order chi connectivity index (χ1) is 13.8. The lowest BCUT2D eigenvalue weighted by Crippen LogP contribution is -2.28. The molecule has 4 aromatic carbocycles. The average molecular weight is 368 g/mol. The highest BCUT2D eigenvalue weighted by Crippen LogP contribution is 2.29. The number of benzene rings is 4. The number of urea groups is 1. The molecule has 0 bridgehead atoms. The van der Waals surface area contributed by atoms with Crippen LogP contribution in [0.3, 0.4) is 0 Å². The molecule has 0 aliphatic heterocycles. The lowest BCUT2D eigenvalue weighted by Gasteiger charge is -2.13. The van der Waals surface area contributed by atoms with Gasteiger partial charge in [0, 0.05) is 6.54 Å². The molecule has 0 spiro atoms. The summed E-state index contributed by atoms with van der Waals surface area (Å²) in [5.41, 5.74) is 1.68. The zero-order valence-electron chi connectivity index (χ0n) is 15.3. The van der Waals surface area contributed by atoms with E-state index in [0.717, 1.165) is 16.3 Å². The zero-order valence-corrected chi connectivity index (χ0v) is 15.3. The van der Waals surface area contributed by atoms with Gasteiger partial charge in [-0.3, -0.25) is 0 Å². The quantitative estimate of drug-likeness (QED) is 0.457. The van der Waals surface area contributed by atoms with Gasteiger partial charge in [-0.1, -0.05) is 72.8 Å². The first-order valence-electron chi connectivity index (χ1n) is 9.13. The van der Waals surface area contributed by atoms with Gasteiger partial charge in [0.15, 0.2) is 5.75 Å². The third-order valence-corrected chi connectivity index (χ3v) is 4.43. The monoisotopic (exact) mass is 368 g/mol. The van der Waals surface area contributed by atoms with Crippen LogP contribution in [0.15, 0.2) is 97.1 Å². The summed E-state index contributed by atoms with van der Waals surface area (Å²) >= 11 is 0. The van der Waals surface area contributed by atoms with Crippen LogP contribution in [0.25, 0.3) is 10.8 Å². The summed E-state index contributed by atoms with van der Waals surface area (Å²) in [6.07, 6.45) is 0. The van der Waals surface area contributed by atoms with Crippen molar-refractivity contribution in [3.8, 4) is 11.5 Å². The Labute approximate surface area is 163 Å². The molecule has 0 aromatic heterocycles. The van der Waals surface area contributed by atoms with Gasteiger partial charge in [0.1, 0.15) is 5.75 Å². The molecule has 0 unspecified atom stereocenters. The van der Waals surface area contributed by atoms with Gasteiger partial charge in [-0.15, -0.1) is 0 Å². The number of nitrogens with one attached hydrogen (secondary N) is 2. The number of hydrogen-bond donors (Lipinski definition) is 2. The molecular weight excluding hydrogens is 348 g/mol. The number of carbonyl (C=O) groups is 1. The number of amides is 2. The van der Waals surface area contributed by atoms with Crippen LogP contribution >= 0.6 is 0 Å². The zero-order chi connectivity index (χ0) is 19.2. The minimum absolute atomic E-state index is 0.281. The van der Waals surface area contributed by atoms with Crippen LogP contribution in [-0.4, -0.2) is 6.03 Å². The van der Waals surface area contributed by atoms with E-state index in [-0.39, 0.29) is 6.03 Å². The molecule has 4 aromatic rings. The number of carbonyl (C=O) groups excluding carboxylic acids is 1. The summed E-state index contributed by atoms with van der Waals surface area (Å²) in [4.78, 5) is 12.4. The van der Waals surface area contributed by atoms with Crippen molar-refractivity contribution in [2.24, 2.45) is 0 Å². The number of fused-ring (bicyclic) bond motifs is 1. The Morgan fingerprint density at radius 2 is 1.46 bits per heavy atom. The molecular formula is C24H20N2O2. The van der Waals surface area contributed by atoms with E-state index in [2.05, 4.69) is 28.8 Å². The molecule has 4 nitrogen and oxygen atoms in total. The minimum atomic E-state index is -0.281. The number of hydrogen-bond acceptors (Lipinski definition) is 2. The molecule has 4 rings (SSSR count). The lowest BCUT2D eigenvalue weighted by atomic mass is 10.0. The number of para-hydroxylation sites is 3. The number of ether oxygens (including phenoxy) is 1. The molecule has 0 radical (unpaired) electrons. The molecule has 138 valence electrons. The molecule has 28 heavy (non-hydrogen) atoms. The molecule has 0 aliphatic rings. The maximum absolute atomic E-state index is 12.4. The highest BCUT2D eigenvalue weighted by molar-refractivity contribution is 5.91. The van der Waals surface area contributed by atoms with E-state index >= 15 is 0 Å². The second-order valence-corrected chi connectivity index (χ2v) is 6.36. The van der Waals surface area contributed by atoms with Crippen LogP contribution < -0.4 is 15.4 Å². The van der Waals surface area contributed by atoms with Crippen molar-refractivity contribution in [3.63, 3.8) is 0 Å². The summed E-state index contributed by atoms with van der Waals surface area (Å²) in [5.74, 6) is 1.31. The third-order valence-electron chi connectivity index (χ3n) is 4.43. The van der Waals surface area contributed by atoms with Crippen LogP contribution in [-0.2, 0) is 6.54 Å². The third kappa shape index (κ3) is 4.13. The van der Waals surface area contributed by atoms with Gasteiger partial charge in [0.2, 0.25) is 0 Å². The summed E-state index contributed by atoms with van der Waals surface area (Å²) < 4.78 is 5.89. The van der Waals surface area contributed by atoms with Gasteiger partial charge < -0.3 is 15.4 Å². The fourth-order valence-corrected chi connectivity index (χ4v) is 3.06. The lowest BCUT2D eigenvalue weighted by molar-refractivity contribution is 0.251. The van der Waals surface area contributed by atoms with Crippen LogP contribution in [0.2, 0.25) is 0 Å². The fraction of sp³-hybridized carbons (Fsp3) is 0.0417. The number of rotatable bonds is 5. The number of anilines is 1. The predicted octanol–water partition coefficient (Wildman–Crippen LogP) is 5.95. The fourth-order valence-electron chi connectivity index (χ4n) is 3.06. The Kier molecular flexibility index (Phi) is 5.20. The van der Waals surface area contributed by atoms with Crippen LogP contribution in [0.1, 0.15) is 5.56 Å². The van der Waals surface area contributed by atoms with Crippen molar-refractivity contribution >= 4 is 22.5 Å². The molecule has 0 atom stereocenters. The normalized spacial score (nSPS) is 10.4. The Morgan fingerprint density at radius 1 is 0.750 bits per heavy atom. The van der Waals surface area contributed by atoms with Crippen molar-refractivity contribution in [2.75, 3.05) is 5.32 Å². The van der Waals surface area contributed by atoms with Crippen LogP contribution in [0, 0.1) is 0 Å². The Bertz CT molecular complexity index is 1090. The van der Waals surface area contributed by atoms with E-state index in [1.165, 1.54) is 0 Å². The molecule has 2 N–H and O–H groups in total. The Hall–Kier alpha value is -3.79. The van der Waals surface area contributed by atoms with Gasteiger partial charge in [-0.25, -0.2) is 4.79 Å².